The molecule has 3 unspecified atom stereocenters. The van der Waals surface area contributed by atoms with E-state index in [1.54, 1.807) is 12.2 Å². The number of ether oxygens (including phenoxy) is 3. The molecular weight excluding hydrogens is 292 g/mol. The first-order valence-corrected chi connectivity index (χ1v) is 6.95. The number of carbonyl (C=O) groups excluding carboxylic acids is 2. The summed E-state index contributed by atoms with van der Waals surface area (Å²) < 4.78 is 15.1. The highest BCUT2D eigenvalue weighted by atomic mass is 16.6. The fourth-order valence-electron chi connectivity index (χ4n) is 2.41. The minimum atomic E-state index is -1.42. The van der Waals surface area contributed by atoms with Gasteiger partial charge in [0.1, 0.15) is 24.7 Å². The minimum Gasteiger partial charge on any atom is -0.481 e. The fraction of sp³-hybridized carbons (Fsp3) is 0.533. The Kier molecular flexibility index (Phi) is 4.97. The summed E-state index contributed by atoms with van der Waals surface area (Å²) in [6, 6.07) is 0. The summed E-state index contributed by atoms with van der Waals surface area (Å²) in [7, 11) is 0. The van der Waals surface area contributed by atoms with E-state index in [1.165, 1.54) is 0 Å². The topological polar surface area (TPSA) is 102 Å². The van der Waals surface area contributed by atoms with Crippen LogP contribution < -0.4 is 0 Å². The number of carbonyl (C=O) groups is 3. The Morgan fingerprint density at radius 2 is 2.09 bits per heavy atom. The molecule has 1 saturated heterocycles. The smallest absolute Gasteiger partial charge is 0.330 e. The molecular formula is C15H18O7. The molecule has 0 spiro atoms. The van der Waals surface area contributed by atoms with Gasteiger partial charge in [-0.25, -0.2) is 4.79 Å². The number of rotatable bonds is 7. The normalized spacial score (nSPS) is 29.5. The maximum Gasteiger partial charge on any atom is 0.330 e. The molecule has 1 N–H and O–H groups in total. The van der Waals surface area contributed by atoms with Crippen LogP contribution in [0.15, 0.2) is 24.8 Å². The van der Waals surface area contributed by atoms with Crippen molar-refractivity contribution in [2.45, 2.75) is 18.9 Å². The predicted molar refractivity (Wildman–Crippen MR) is 73.8 cm³/mol. The number of carboxylic acid groups (broad SMARTS) is 1. The molecule has 2 rings (SSSR count). The second kappa shape index (κ2) is 6.74. The Balaban J connectivity index is 2.18. The van der Waals surface area contributed by atoms with Gasteiger partial charge in [0.15, 0.2) is 0 Å². The third-order valence-electron chi connectivity index (χ3n) is 3.83. The van der Waals surface area contributed by atoms with Crippen LogP contribution in [0.4, 0.5) is 0 Å². The highest BCUT2D eigenvalue weighted by Crippen LogP contribution is 2.40. The number of epoxide rings is 1. The van der Waals surface area contributed by atoms with Crippen molar-refractivity contribution >= 4 is 17.9 Å². The van der Waals surface area contributed by atoms with Crippen molar-refractivity contribution in [3.8, 4) is 0 Å². The average molecular weight is 310 g/mol. The predicted octanol–water partition coefficient (Wildman–Crippen LogP) is 0.695. The summed E-state index contributed by atoms with van der Waals surface area (Å²) in [5, 5.41) is 9.41. The largest absolute Gasteiger partial charge is 0.481 e. The molecule has 1 aliphatic carbocycles. The molecule has 1 aliphatic heterocycles. The third kappa shape index (κ3) is 3.54. The van der Waals surface area contributed by atoms with Crippen LogP contribution in [0.3, 0.4) is 0 Å². The molecule has 0 bridgehead atoms. The van der Waals surface area contributed by atoms with E-state index in [9.17, 15) is 19.5 Å². The van der Waals surface area contributed by atoms with Crippen molar-refractivity contribution < 1.29 is 33.7 Å². The molecule has 7 heteroatoms. The number of hydrogen-bond acceptors (Lipinski definition) is 6. The van der Waals surface area contributed by atoms with Crippen LogP contribution in [0, 0.1) is 11.3 Å². The van der Waals surface area contributed by atoms with Crippen LogP contribution in [0.1, 0.15) is 12.8 Å². The lowest BCUT2D eigenvalue weighted by atomic mass is 9.69. The fourth-order valence-corrected chi connectivity index (χ4v) is 2.41. The molecule has 0 amide bonds. The van der Waals surface area contributed by atoms with Gasteiger partial charge >= 0.3 is 17.9 Å². The summed E-state index contributed by atoms with van der Waals surface area (Å²) in [5.41, 5.74) is -1.42. The summed E-state index contributed by atoms with van der Waals surface area (Å²) >= 11 is 0. The van der Waals surface area contributed by atoms with Gasteiger partial charge in [0.25, 0.3) is 0 Å². The van der Waals surface area contributed by atoms with Crippen LogP contribution >= 0.6 is 0 Å². The van der Waals surface area contributed by atoms with Gasteiger partial charge in [-0.2, -0.15) is 0 Å². The van der Waals surface area contributed by atoms with E-state index < -0.39 is 29.2 Å². The summed E-state index contributed by atoms with van der Waals surface area (Å²) in [4.78, 5) is 35.3. The van der Waals surface area contributed by atoms with Crippen LogP contribution in [-0.4, -0.2) is 48.9 Å². The standard InChI is InChI=1S/C15H18O7/c1-2-12(16)22-9-15(14(19)21-8-10-7-20-10)6-4-3-5-11(15)13(17)18/h2-4,10-11H,1,5-9H2,(H,17,18). The first-order valence-electron chi connectivity index (χ1n) is 6.95. The van der Waals surface area contributed by atoms with Crippen molar-refractivity contribution in [1.82, 2.24) is 0 Å². The Bertz CT molecular complexity index is 506. The van der Waals surface area contributed by atoms with E-state index in [-0.39, 0.29) is 32.2 Å². The molecule has 0 aromatic carbocycles. The quantitative estimate of drug-likeness (QED) is 0.319. The van der Waals surface area contributed by atoms with Crippen LogP contribution in [0.2, 0.25) is 0 Å². The maximum absolute atomic E-state index is 12.5. The number of esters is 2. The van der Waals surface area contributed by atoms with Gasteiger partial charge in [-0.1, -0.05) is 18.7 Å². The van der Waals surface area contributed by atoms with Crippen molar-refractivity contribution in [3.05, 3.63) is 24.8 Å². The van der Waals surface area contributed by atoms with Gasteiger partial charge < -0.3 is 19.3 Å². The molecule has 7 nitrogen and oxygen atoms in total. The van der Waals surface area contributed by atoms with Gasteiger partial charge in [0.2, 0.25) is 0 Å². The van der Waals surface area contributed by atoms with Crippen LogP contribution in [0.5, 0.6) is 0 Å². The lowest BCUT2D eigenvalue weighted by Gasteiger charge is -2.36. The Morgan fingerprint density at radius 3 is 2.68 bits per heavy atom. The van der Waals surface area contributed by atoms with Crippen molar-refractivity contribution in [1.29, 1.82) is 0 Å². The zero-order chi connectivity index (χ0) is 16.2. The molecule has 120 valence electrons. The van der Waals surface area contributed by atoms with E-state index in [0.717, 1.165) is 6.08 Å². The van der Waals surface area contributed by atoms with E-state index >= 15 is 0 Å². The van der Waals surface area contributed by atoms with Crippen molar-refractivity contribution in [2.24, 2.45) is 11.3 Å². The number of carboxylic acids is 1. The van der Waals surface area contributed by atoms with E-state index in [0.29, 0.717) is 6.61 Å². The molecule has 22 heavy (non-hydrogen) atoms. The Morgan fingerprint density at radius 1 is 1.36 bits per heavy atom. The zero-order valence-electron chi connectivity index (χ0n) is 12.0. The molecule has 0 saturated carbocycles. The first kappa shape index (κ1) is 16.2. The third-order valence-corrected chi connectivity index (χ3v) is 3.83. The second-order valence-corrected chi connectivity index (χ2v) is 5.32. The molecule has 0 aromatic rings. The van der Waals surface area contributed by atoms with Crippen molar-refractivity contribution in [2.75, 3.05) is 19.8 Å². The summed E-state index contributed by atoms with van der Waals surface area (Å²) in [5.74, 6) is -3.53. The van der Waals surface area contributed by atoms with Gasteiger partial charge in [-0.05, 0) is 12.8 Å². The lowest BCUT2D eigenvalue weighted by Crippen LogP contribution is -2.48. The van der Waals surface area contributed by atoms with E-state index in [2.05, 4.69) is 6.58 Å². The monoisotopic (exact) mass is 310 g/mol. The van der Waals surface area contributed by atoms with Crippen molar-refractivity contribution in [3.63, 3.8) is 0 Å². The van der Waals surface area contributed by atoms with Gasteiger partial charge in [0, 0.05) is 6.08 Å². The Labute approximate surface area is 127 Å². The first-order chi connectivity index (χ1) is 10.5. The van der Waals surface area contributed by atoms with Gasteiger partial charge in [0.05, 0.1) is 12.5 Å². The number of aliphatic carboxylic acids is 1. The SMILES string of the molecule is C=CC(=O)OCC1(C(=O)OCC2CO2)CC=CCC1C(=O)O. The summed E-state index contributed by atoms with van der Waals surface area (Å²) in [6.45, 7) is 3.52. The average Bonchev–Trinajstić information content (AvgIpc) is 3.34. The van der Waals surface area contributed by atoms with Crippen LogP contribution in [-0.2, 0) is 28.6 Å². The highest BCUT2D eigenvalue weighted by Gasteiger charge is 2.52. The Hall–Kier alpha value is -2.15. The second-order valence-electron chi connectivity index (χ2n) is 5.32. The molecule has 0 radical (unpaired) electrons. The molecule has 2 aliphatic rings. The van der Waals surface area contributed by atoms with E-state index in [4.69, 9.17) is 14.2 Å². The molecule has 1 heterocycles. The minimum absolute atomic E-state index is 0.0754. The van der Waals surface area contributed by atoms with E-state index in [1.807, 2.05) is 0 Å². The van der Waals surface area contributed by atoms with Gasteiger partial charge in [-0.3, -0.25) is 9.59 Å². The maximum atomic E-state index is 12.5. The molecule has 3 atom stereocenters. The molecule has 0 aromatic heterocycles. The molecule has 1 fully saturated rings. The lowest BCUT2D eigenvalue weighted by molar-refractivity contribution is -0.175. The van der Waals surface area contributed by atoms with Gasteiger partial charge in [-0.15, -0.1) is 0 Å². The zero-order valence-corrected chi connectivity index (χ0v) is 12.0. The number of hydrogen-bond donors (Lipinski definition) is 1. The highest BCUT2D eigenvalue weighted by molar-refractivity contribution is 5.86. The number of allylic oxidation sites excluding steroid dienone is 2. The van der Waals surface area contributed by atoms with Crippen LogP contribution in [0.25, 0.3) is 0 Å². The summed E-state index contributed by atoms with van der Waals surface area (Å²) in [6.07, 6.45) is 4.55.